The molecule has 2 aliphatic rings. The van der Waals surface area contributed by atoms with Gasteiger partial charge in [-0.2, -0.15) is 0 Å². The van der Waals surface area contributed by atoms with Crippen molar-refractivity contribution in [3.63, 3.8) is 0 Å². The summed E-state index contributed by atoms with van der Waals surface area (Å²) < 4.78 is 7.49. The molecule has 0 unspecified atom stereocenters. The maximum absolute atomic E-state index is 5.72. The molecule has 0 amide bonds. The van der Waals surface area contributed by atoms with E-state index in [2.05, 4.69) is 41.7 Å². The molecular weight excluding hydrogens is 376 g/mol. The van der Waals surface area contributed by atoms with E-state index >= 15 is 0 Å². The minimum atomic E-state index is -0.0239. The average Bonchev–Trinajstić information content (AvgIpc) is 3.09. The fourth-order valence-electron chi connectivity index (χ4n) is 4.00. The van der Waals surface area contributed by atoms with E-state index in [1.165, 1.54) is 25.0 Å². The van der Waals surface area contributed by atoms with Gasteiger partial charge in [0.25, 0.3) is 0 Å². The van der Waals surface area contributed by atoms with Gasteiger partial charge in [-0.15, -0.1) is 5.10 Å². The molecule has 0 aromatic carbocycles. The van der Waals surface area contributed by atoms with Crippen molar-refractivity contribution in [2.24, 2.45) is 7.05 Å². The van der Waals surface area contributed by atoms with Gasteiger partial charge in [0.15, 0.2) is 0 Å². The minimum absolute atomic E-state index is 0.0239. The Morgan fingerprint density at radius 1 is 1.10 bits per heavy atom. The molecule has 30 heavy (non-hydrogen) atoms. The van der Waals surface area contributed by atoms with Crippen LogP contribution in [0.1, 0.15) is 63.9 Å². The second-order valence-electron chi connectivity index (χ2n) is 9.71. The third-order valence-corrected chi connectivity index (χ3v) is 6.18. The summed E-state index contributed by atoms with van der Waals surface area (Å²) in [4.78, 5) is 14.9. The molecule has 2 aromatic heterocycles. The number of nitrogens with zero attached hydrogens (tertiary/aromatic N) is 6. The second kappa shape index (κ2) is 8.92. The molecule has 1 saturated heterocycles. The van der Waals surface area contributed by atoms with Gasteiger partial charge in [-0.3, -0.25) is 9.58 Å². The van der Waals surface area contributed by atoms with Crippen molar-refractivity contribution in [1.82, 2.24) is 24.6 Å². The quantitative estimate of drug-likeness (QED) is 0.650. The van der Waals surface area contributed by atoms with Crippen LogP contribution in [0, 0.1) is 0 Å². The zero-order valence-electron chi connectivity index (χ0n) is 19.0. The molecule has 1 saturated carbocycles. The van der Waals surface area contributed by atoms with Gasteiger partial charge in [0.05, 0.1) is 6.61 Å². The van der Waals surface area contributed by atoms with E-state index in [1.807, 2.05) is 19.3 Å². The first-order chi connectivity index (χ1) is 14.4. The van der Waals surface area contributed by atoms with Crippen LogP contribution in [0.4, 0.5) is 5.82 Å². The highest BCUT2D eigenvalue weighted by Gasteiger charge is 2.27. The van der Waals surface area contributed by atoms with Crippen LogP contribution in [-0.2, 0) is 12.5 Å². The molecule has 1 aliphatic heterocycles. The summed E-state index contributed by atoms with van der Waals surface area (Å²) in [7, 11) is 1.91. The van der Waals surface area contributed by atoms with E-state index in [0.717, 1.165) is 50.8 Å². The Hall–Kier alpha value is -2.15. The number of aromatic nitrogens is 4. The first-order valence-corrected chi connectivity index (χ1v) is 11.4. The lowest BCUT2D eigenvalue weighted by molar-refractivity contribution is 0.221. The number of ether oxygens (including phenoxy) is 1. The molecule has 0 atom stereocenters. The highest BCUT2D eigenvalue weighted by molar-refractivity contribution is 5.42. The highest BCUT2D eigenvalue weighted by atomic mass is 16.5. The number of anilines is 1. The summed E-state index contributed by atoms with van der Waals surface area (Å²) in [6.45, 7) is 12.6. The molecule has 3 heterocycles. The van der Waals surface area contributed by atoms with E-state index < -0.39 is 0 Å². The van der Waals surface area contributed by atoms with Crippen molar-refractivity contribution in [2.75, 3.05) is 44.2 Å². The summed E-state index contributed by atoms with van der Waals surface area (Å²) in [5.74, 6) is 3.45. The topological polar surface area (TPSA) is 59.3 Å². The first kappa shape index (κ1) is 21.1. The molecule has 164 valence electrons. The average molecular weight is 413 g/mol. The predicted molar refractivity (Wildman–Crippen MR) is 119 cm³/mol. The number of piperazine rings is 1. The van der Waals surface area contributed by atoms with Crippen LogP contribution in [0.15, 0.2) is 18.3 Å². The van der Waals surface area contributed by atoms with Crippen molar-refractivity contribution in [3.8, 4) is 5.88 Å². The van der Waals surface area contributed by atoms with E-state index in [1.54, 1.807) is 4.68 Å². The third-order valence-electron chi connectivity index (χ3n) is 6.18. The van der Waals surface area contributed by atoms with Gasteiger partial charge >= 0.3 is 0 Å². The summed E-state index contributed by atoms with van der Waals surface area (Å²) in [5.41, 5.74) is 1.23. The van der Waals surface area contributed by atoms with Crippen LogP contribution in [0.25, 0.3) is 0 Å². The molecule has 7 nitrogen and oxygen atoms in total. The fourth-order valence-corrected chi connectivity index (χ4v) is 4.00. The second-order valence-corrected chi connectivity index (χ2v) is 9.71. The monoisotopic (exact) mass is 412 g/mol. The van der Waals surface area contributed by atoms with Gasteiger partial charge in [-0.05, 0) is 19.3 Å². The van der Waals surface area contributed by atoms with Crippen LogP contribution < -0.4 is 9.64 Å². The lowest BCUT2D eigenvalue weighted by atomic mass is 9.82. The van der Waals surface area contributed by atoms with Gasteiger partial charge in [0.2, 0.25) is 5.88 Å². The first-order valence-electron chi connectivity index (χ1n) is 11.4. The largest absolute Gasteiger partial charge is 0.477 e. The molecular formula is C23H36N6O. The zero-order chi connectivity index (χ0) is 21.1. The highest BCUT2D eigenvalue weighted by Crippen LogP contribution is 2.37. The predicted octanol–water partition coefficient (Wildman–Crippen LogP) is 3.37. The SMILES string of the molecule is Cn1ccc(OCCCN2CCN(c3cc(C4CCC4)nc(C(C)(C)C)n3)CC2)n1. The Kier molecular flexibility index (Phi) is 6.27. The molecule has 0 radical (unpaired) electrons. The van der Waals surface area contributed by atoms with E-state index in [9.17, 15) is 0 Å². The molecule has 2 aromatic rings. The summed E-state index contributed by atoms with van der Waals surface area (Å²) in [5, 5.41) is 4.25. The lowest BCUT2D eigenvalue weighted by Gasteiger charge is -2.36. The normalized spacial score (nSPS) is 18.5. The number of hydrogen-bond donors (Lipinski definition) is 0. The summed E-state index contributed by atoms with van der Waals surface area (Å²) in [6.07, 6.45) is 6.80. The summed E-state index contributed by atoms with van der Waals surface area (Å²) >= 11 is 0. The Balaban J connectivity index is 1.30. The number of rotatable bonds is 7. The van der Waals surface area contributed by atoms with Gasteiger partial charge in [0, 0.05) is 75.1 Å². The molecule has 0 bridgehead atoms. The van der Waals surface area contributed by atoms with Crippen molar-refractivity contribution < 1.29 is 4.74 Å². The van der Waals surface area contributed by atoms with Gasteiger partial charge in [0.1, 0.15) is 11.6 Å². The maximum Gasteiger partial charge on any atom is 0.232 e. The fraction of sp³-hybridized carbons (Fsp3) is 0.696. The van der Waals surface area contributed by atoms with Crippen LogP contribution in [0.5, 0.6) is 5.88 Å². The zero-order valence-corrected chi connectivity index (χ0v) is 19.0. The smallest absolute Gasteiger partial charge is 0.232 e. The maximum atomic E-state index is 5.72. The Morgan fingerprint density at radius 3 is 2.47 bits per heavy atom. The van der Waals surface area contributed by atoms with Crippen LogP contribution in [0.3, 0.4) is 0 Å². The van der Waals surface area contributed by atoms with Crippen molar-refractivity contribution in [3.05, 3.63) is 29.8 Å². The Labute approximate surface area is 180 Å². The van der Waals surface area contributed by atoms with Crippen molar-refractivity contribution >= 4 is 5.82 Å². The minimum Gasteiger partial charge on any atom is -0.477 e. The van der Waals surface area contributed by atoms with Crippen molar-refractivity contribution in [1.29, 1.82) is 0 Å². The molecule has 7 heteroatoms. The van der Waals surface area contributed by atoms with E-state index in [0.29, 0.717) is 18.4 Å². The molecule has 0 spiro atoms. The molecule has 2 fully saturated rings. The van der Waals surface area contributed by atoms with Gasteiger partial charge in [-0.25, -0.2) is 9.97 Å². The van der Waals surface area contributed by atoms with Crippen LogP contribution in [0.2, 0.25) is 0 Å². The number of hydrogen-bond acceptors (Lipinski definition) is 6. The lowest BCUT2D eigenvalue weighted by Crippen LogP contribution is -2.47. The molecule has 0 N–H and O–H groups in total. The van der Waals surface area contributed by atoms with E-state index in [4.69, 9.17) is 14.7 Å². The number of aryl methyl sites for hydroxylation is 1. The van der Waals surface area contributed by atoms with Crippen LogP contribution in [-0.4, -0.2) is 64.0 Å². The van der Waals surface area contributed by atoms with Crippen LogP contribution >= 0.6 is 0 Å². The Bertz CT molecular complexity index is 830. The van der Waals surface area contributed by atoms with E-state index in [-0.39, 0.29) is 5.41 Å². The standard InChI is InChI=1S/C23H36N6O/c1-23(2,3)22-24-19(18-7-5-8-18)17-20(25-22)29-14-12-28(13-15-29)10-6-16-30-21-9-11-27(4)26-21/h9,11,17-18H,5-8,10,12-16H2,1-4H3. The summed E-state index contributed by atoms with van der Waals surface area (Å²) in [6, 6.07) is 4.17. The van der Waals surface area contributed by atoms with Gasteiger partial charge < -0.3 is 9.64 Å². The molecule has 1 aliphatic carbocycles. The Morgan fingerprint density at radius 2 is 1.87 bits per heavy atom. The molecule has 4 rings (SSSR count). The van der Waals surface area contributed by atoms with Crippen molar-refractivity contribution in [2.45, 2.75) is 57.8 Å². The van der Waals surface area contributed by atoms with Gasteiger partial charge in [-0.1, -0.05) is 27.2 Å². The third kappa shape index (κ3) is 5.12.